The van der Waals surface area contributed by atoms with Crippen molar-refractivity contribution < 1.29 is 0 Å². The van der Waals surface area contributed by atoms with Gasteiger partial charge in [0, 0.05) is 31.0 Å². The first kappa shape index (κ1) is 53.0. The van der Waals surface area contributed by atoms with Crippen LogP contribution in [0.4, 0.5) is 34.1 Å². The van der Waals surface area contributed by atoms with Gasteiger partial charge in [0.15, 0.2) is 0 Å². The molecule has 15 aromatic rings. The van der Waals surface area contributed by atoms with Gasteiger partial charge in [0.05, 0.1) is 33.6 Å². The second-order valence-electron chi connectivity index (χ2n) is 24.5. The highest BCUT2D eigenvalue weighted by Crippen LogP contribution is 2.61. The number of nitrogens with zero attached hydrogens (tertiary/aromatic N) is 2. The Morgan fingerprint density at radius 3 is 0.859 bits per heavy atom. The molecule has 0 spiro atoms. The molecule has 0 amide bonds. The molecule has 0 fully saturated rings. The summed E-state index contributed by atoms with van der Waals surface area (Å²) in [5, 5.41) is 4.71. The highest BCUT2D eigenvalue weighted by molar-refractivity contribution is 8.00. The van der Waals surface area contributed by atoms with Crippen LogP contribution in [0.1, 0.15) is 44.5 Å². The average Bonchev–Trinajstić information content (AvgIpc) is 1.49. The van der Waals surface area contributed by atoms with Crippen LogP contribution in [0.2, 0.25) is 0 Å². The molecule has 2 nitrogen and oxygen atoms in total. The zero-order valence-corrected chi connectivity index (χ0v) is 51.7. The Bertz CT molecular complexity index is 4980. The van der Waals surface area contributed by atoms with Crippen LogP contribution in [-0.2, 0) is 10.8 Å². The lowest BCUT2D eigenvalue weighted by Crippen LogP contribution is -2.28. The number of rotatable bonds is 8. The van der Waals surface area contributed by atoms with E-state index in [0.29, 0.717) is 0 Å². The fourth-order valence-electron chi connectivity index (χ4n) is 16.3. The zero-order valence-electron chi connectivity index (χ0n) is 50.0. The van der Waals surface area contributed by atoms with Crippen LogP contribution < -0.4 is 9.80 Å². The van der Waals surface area contributed by atoms with E-state index in [1.165, 1.54) is 142 Å². The smallest absolute Gasteiger partial charge is 0.0713 e. The molecule has 430 valence electrons. The van der Waals surface area contributed by atoms with Crippen LogP contribution in [0, 0.1) is 0 Å². The zero-order chi connectivity index (χ0) is 60.5. The molecular weight excluding hydrogens is 1150 g/mol. The lowest BCUT2D eigenvalue weighted by atomic mass is 9.67. The number of hydrogen-bond donors (Lipinski definition) is 0. The standard InChI is InChI=1S/C88H56N2S2/c1-5-25-59(26-6-1)87(60-27-7-2-8-28-60)73-35-15-13-33-65(73)67-49-45-57(53-75(67)87)85-69-51-47-64(90-79-39-19-23-43-83(79)92-84-44-24-20-40-80(84)90)56-72(69)86(70-52-48-63(55-71(70)85)89-77-37-17-21-41-81(77)91-82-42-22-18-38-78(82)89)58-46-50-68-66-34-14-16-36-74(66)88(76(68)54-58,61-29-9-3-10-30-61)62-31-11-4-12-32-62/h1-56H. The van der Waals surface area contributed by atoms with E-state index in [0.717, 1.165) is 22.5 Å². The Balaban J connectivity index is 0.957. The first-order chi connectivity index (χ1) is 45.6. The Hall–Kier alpha value is -10.9. The van der Waals surface area contributed by atoms with Gasteiger partial charge in [0.25, 0.3) is 0 Å². The summed E-state index contributed by atoms with van der Waals surface area (Å²) in [4.78, 5) is 9.91. The van der Waals surface area contributed by atoms with Gasteiger partial charge in [0.2, 0.25) is 0 Å². The molecule has 4 heteroatoms. The first-order valence-corrected chi connectivity index (χ1v) is 33.4. The van der Waals surface area contributed by atoms with Crippen LogP contribution in [0.25, 0.3) is 66.1 Å². The largest absolute Gasteiger partial charge is 0.308 e. The fraction of sp³-hybridized carbons (Fsp3) is 0.0227. The topological polar surface area (TPSA) is 6.48 Å². The maximum atomic E-state index is 2.57. The maximum absolute atomic E-state index is 2.57. The fourth-order valence-corrected chi connectivity index (χ4v) is 18.4. The third-order valence-electron chi connectivity index (χ3n) is 20.0. The van der Waals surface area contributed by atoms with Crippen molar-refractivity contribution in [3.8, 4) is 44.5 Å². The van der Waals surface area contributed by atoms with Crippen molar-refractivity contribution in [1.82, 2.24) is 0 Å². The molecule has 15 aromatic carbocycles. The Morgan fingerprint density at radius 1 is 0.217 bits per heavy atom. The third-order valence-corrected chi connectivity index (χ3v) is 22.2. The predicted molar refractivity (Wildman–Crippen MR) is 385 cm³/mol. The second kappa shape index (κ2) is 20.8. The number of anilines is 6. The monoisotopic (exact) mass is 1200 g/mol. The molecule has 4 aliphatic rings. The molecule has 0 aromatic heterocycles. The Morgan fingerprint density at radius 2 is 0.511 bits per heavy atom. The molecule has 0 bridgehead atoms. The van der Waals surface area contributed by atoms with E-state index < -0.39 is 10.8 Å². The normalized spacial score (nSPS) is 14.1. The van der Waals surface area contributed by atoms with Crippen LogP contribution in [0.5, 0.6) is 0 Å². The van der Waals surface area contributed by atoms with Gasteiger partial charge in [-0.15, -0.1) is 0 Å². The summed E-state index contributed by atoms with van der Waals surface area (Å²) in [7, 11) is 0. The number of para-hydroxylation sites is 4. The van der Waals surface area contributed by atoms with Gasteiger partial charge in [-0.25, -0.2) is 0 Å². The van der Waals surface area contributed by atoms with Crippen molar-refractivity contribution in [2.45, 2.75) is 30.4 Å². The van der Waals surface area contributed by atoms with Crippen molar-refractivity contribution in [3.63, 3.8) is 0 Å². The Labute approximate surface area is 544 Å². The predicted octanol–water partition coefficient (Wildman–Crippen LogP) is 23.9. The molecule has 0 saturated carbocycles. The minimum absolute atomic E-state index is 0.605. The van der Waals surface area contributed by atoms with Gasteiger partial charge in [-0.05, 0) is 195 Å². The minimum Gasteiger partial charge on any atom is -0.308 e. The summed E-state index contributed by atoms with van der Waals surface area (Å²) < 4.78 is 0. The van der Waals surface area contributed by atoms with Crippen molar-refractivity contribution >= 4 is 79.2 Å². The van der Waals surface area contributed by atoms with Gasteiger partial charge in [-0.2, -0.15) is 0 Å². The van der Waals surface area contributed by atoms with Crippen molar-refractivity contribution in [1.29, 1.82) is 0 Å². The van der Waals surface area contributed by atoms with E-state index in [4.69, 9.17) is 0 Å². The summed E-state index contributed by atoms with van der Waals surface area (Å²) in [5.74, 6) is 0. The molecule has 92 heavy (non-hydrogen) atoms. The van der Waals surface area contributed by atoms with E-state index in [9.17, 15) is 0 Å². The summed E-state index contributed by atoms with van der Waals surface area (Å²) in [6, 6.07) is 128. The van der Waals surface area contributed by atoms with Gasteiger partial charge in [-0.3, -0.25) is 0 Å². The molecule has 19 rings (SSSR count). The summed E-state index contributed by atoms with van der Waals surface area (Å²) in [5.41, 5.74) is 25.6. The van der Waals surface area contributed by atoms with Crippen LogP contribution in [-0.4, -0.2) is 0 Å². The van der Waals surface area contributed by atoms with E-state index in [-0.39, 0.29) is 0 Å². The minimum atomic E-state index is -0.605. The number of fused-ring (bicyclic) bond motifs is 12. The van der Waals surface area contributed by atoms with Crippen molar-refractivity contribution in [2.24, 2.45) is 0 Å². The second-order valence-corrected chi connectivity index (χ2v) is 26.7. The van der Waals surface area contributed by atoms with Crippen LogP contribution in [0.3, 0.4) is 0 Å². The SMILES string of the molecule is c1ccc(C2(c3ccccc3)c3ccccc3-c3ccc(-c4c5ccc(N6c7ccccc7Sc7ccccc76)cc5c(-c5ccc6c(c5)C(c5ccccc5)(c5ccccc5)c5ccccc5-6)c5ccc(N6c7ccccc7Sc7ccccc76)cc45)cc32)cc1. The molecule has 0 atom stereocenters. The summed E-state index contributed by atoms with van der Waals surface area (Å²) in [6.45, 7) is 0. The summed E-state index contributed by atoms with van der Waals surface area (Å²) in [6.07, 6.45) is 0. The lowest BCUT2D eigenvalue weighted by molar-refractivity contribution is 0.769. The van der Waals surface area contributed by atoms with Gasteiger partial charge in [0.1, 0.15) is 0 Å². The van der Waals surface area contributed by atoms with E-state index in [1.807, 2.05) is 23.5 Å². The highest BCUT2D eigenvalue weighted by atomic mass is 32.2. The number of benzene rings is 15. The molecule has 0 radical (unpaired) electrons. The average molecular weight is 1210 g/mol. The molecule has 0 unspecified atom stereocenters. The van der Waals surface area contributed by atoms with Gasteiger partial charge >= 0.3 is 0 Å². The molecule has 2 heterocycles. The lowest BCUT2D eigenvalue weighted by Gasteiger charge is -2.35. The molecular formula is C88H56N2S2. The van der Waals surface area contributed by atoms with Crippen molar-refractivity contribution in [2.75, 3.05) is 9.80 Å². The first-order valence-electron chi connectivity index (χ1n) is 31.7. The quantitative estimate of drug-likeness (QED) is 0.140. The molecule has 2 aliphatic heterocycles. The summed E-state index contributed by atoms with van der Waals surface area (Å²) >= 11 is 3.70. The molecule has 0 saturated heterocycles. The molecule has 0 N–H and O–H groups in total. The highest BCUT2D eigenvalue weighted by Gasteiger charge is 2.48. The van der Waals surface area contributed by atoms with Gasteiger partial charge in [-0.1, -0.05) is 278 Å². The Kier molecular flexibility index (Phi) is 12.0. The van der Waals surface area contributed by atoms with E-state index in [2.05, 4.69) is 350 Å². The van der Waals surface area contributed by atoms with Crippen LogP contribution >= 0.6 is 23.5 Å². The number of hydrogen-bond acceptors (Lipinski definition) is 4. The van der Waals surface area contributed by atoms with Crippen LogP contribution in [0.15, 0.2) is 359 Å². The van der Waals surface area contributed by atoms with E-state index >= 15 is 0 Å². The maximum Gasteiger partial charge on any atom is 0.0713 e. The van der Waals surface area contributed by atoms with Gasteiger partial charge < -0.3 is 9.80 Å². The van der Waals surface area contributed by atoms with Crippen molar-refractivity contribution in [3.05, 3.63) is 384 Å². The van der Waals surface area contributed by atoms with E-state index in [1.54, 1.807) is 0 Å². The third kappa shape index (κ3) is 7.66. The molecule has 2 aliphatic carbocycles.